The number of nitrogens with two attached hydrogens (primary N) is 1. The molecule has 1 aromatic rings. The van der Waals surface area contributed by atoms with Crippen LogP contribution in [0.4, 0.5) is 11.4 Å². The van der Waals surface area contributed by atoms with Gasteiger partial charge >= 0.3 is 0 Å². The SMILES string of the molecule is CC.CCC.Cc1cc(N2CCCCC2)ccc1N. The molecule has 1 saturated heterocycles. The maximum Gasteiger partial charge on any atom is 0.0370 e. The van der Waals surface area contributed by atoms with Crippen molar-refractivity contribution in [3.63, 3.8) is 0 Å². The van der Waals surface area contributed by atoms with Crippen molar-refractivity contribution in [1.82, 2.24) is 0 Å². The number of nitrogen functional groups attached to an aromatic ring is 1. The molecule has 1 fully saturated rings. The van der Waals surface area contributed by atoms with Gasteiger partial charge in [0, 0.05) is 24.5 Å². The Hall–Kier alpha value is -1.18. The Labute approximate surface area is 120 Å². The molecule has 2 heteroatoms. The molecule has 0 saturated carbocycles. The van der Waals surface area contributed by atoms with Crippen LogP contribution >= 0.6 is 0 Å². The Morgan fingerprint density at radius 2 is 1.58 bits per heavy atom. The fourth-order valence-corrected chi connectivity index (χ4v) is 2.01. The number of anilines is 2. The lowest BCUT2D eigenvalue weighted by atomic mass is 10.1. The third-order valence-corrected chi connectivity index (χ3v) is 2.97. The lowest BCUT2D eigenvalue weighted by molar-refractivity contribution is 0.578. The van der Waals surface area contributed by atoms with Gasteiger partial charge in [0.25, 0.3) is 0 Å². The topological polar surface area (TPSA) is 29.3 Å². The van der Waals surface area contributed by atoms with Gasteiger partial charge in [-0.2, -0.15) is 0 Å². The largest absolute Gasteiger partial charge is 0.399 e. The number of piperidine rings is 1. The third-order valence-electron chi connectivity index (χ3n) is 2.97. The average molecular weight is 264 g/mol. The first-order chi connectivity index (χ1) is 9.19. The molecular weight excluding hydrogens is 232 g/mol. The van der Waals surface area contributed by atoms with Crippen molar-refractivity contribution in [3.8, 4) is 0 Å². The van der Waals surface area contributed by atoms with Crippen molar-refractivity contribution in [2.45, 2.75) is 60.3 Å². The Balaban J connectivity index is 0.000000573. The lowest BCUT2D eigenvalue weighted by Gasteiger charge is -2.29. The van der Waals surface area contributed by atoms with Crippen LogP contribution < -0.4 is 10.6 Å². The van der Waals surface area contributed by atoms with E-state index in [1.54, 1.807) is 0 Å². The molecule has 2 nitrogen and oxygen atoms in total. The van der Waals surface area contributed by atoms with Crippen LogP contribution in [0.5, 0.6) is 0 Å². The second kappa shape index (κ2) is 10.7. The number of nitrogens with zero attached hydrogens (tertiary/aromatic N) is 1. The van der Waals surface area contributed by atoms with E-state index in [0.717, 1.165) is 5.69 Å². The van der Waals surface area contributed by atoms with Crippen LogP contribution in [-0.4, -0.2) is 13.1 Å². The van der Waals surface area contributed by atoms with Crippen LogP contribution in [0.1, 0.15) is 58.9 Å². The molecule has 0 atom stereocenters. The molecule has 19 heavy (non-hydrogen) atoms. The lowest BCUT2D eigenvalue weighted by Crippen LogP contribution is -2.29. The normalized spacial score (nSPS) is 13.8. The van der Waals surface area contributed by atoms with Crippen LogP contribution in [0, 0.1) is 6.92 Å². The summed E-state index contributed by atoms with van der Waals surface area (Å²) in [7, 11) is 0. The number of benzene rings is 1. The summed E-state index contributed by atoms with van der Waals surface area (Å²) >= 11 is 0. The summed E-state index contributed by atoms with van der Waals surface area (Å²) in [6.45, 7) is 12.7. The zero-order chi connectivity index (χ0) is 14.7. The van der Waals surface area contributed by atoms with E-state index in [-0.39, 0.29) is 0 Å². The highest BCUT2D eigenvalue weighted by Gasteiger charge is 2.10. The van der Waals surface area contributed by atoms with E-state index in [2.05, 4.69) is 37.8 Å². The standard InChI is InChI=1S/C12H18N2.C3H8.C2H6/c1-10-9-11(5-6-12(10)13)14-7-3-2-4-8-14;1-3-2;1-2/h5-6,9H,2-4,7-8,13H2,1H3;3H2,1-2H3;1-2H3. The summed E-state index contributed by atoms with van der Waals surface area (Å²) in [6, 6.07) is 6.34. The molecule has 1 aliphatic rings. The first-order valence-corrected chi connectivity index (χ1v) is 7.80. The minimum Gasteiger partial charge on any atom is -0.399 e. The maximum atomic E-state index is 5.80. The Morgan fingerprint density at radius 1 is 1.05 bits per heavy atom. The zero-order valence-electron chi connectivity index (χ0n) is 13.5. The minimum absolute atomic E-state index is 0.894. The van der Waals surface area contributed by atoms with Gasteiger partial charge < -0.3 is 10.6 Å². The minimum atomic E-state index is 0.894. The molecule has 0 aliphatic carbocycles. The molecule has 0 unspecified atom stereocenters. The fourth-order valence-electron chi connectivity index (χ4n) is 2.01. The third kappa shape index (κ3) is 6.51. The molecule has 0 bridgehead atoms. The van der Waals surface area contributed by atoms with Gasteiger partial charge in [0.15, 0.2) is 0 Å². The predicted octanol–water partition coefficient (Wildman–Crippen LogP) is 5.01. The first kappa shape index (κ1) is 17.8. The van der Waals surface area contributed by atoms with Crippen LogP contribution in [0.25, 0.3) is 0 Å². The molecule has 0 aromatic heterocycles. The van der Waals surface area contributed by atoms with Crippen molar-refractivity contribution in [1.29, 1.82) is 0 Å². The highest BCUT2D eigenvalue weighted by atomic mass is 15.1. The summed E-state index contributed by atoms with van der Waals surface area (Å²) in [5.41, 5.74) is 9.21. The zero-order valence-corrected chi connectivity index (χ0v) is 13.5. The van der Waals surface area contributed by atoms with Gasteiger partial charge in [0.1, 0.15) is 0 Å². The average Bonchev–Trinajstić information content (AvgIpc) is 2.46. The highest BCUT2D eigenvalue weighted by Crippen LogP contribution is 2.23. The second-order valence-electron chi connectivity index (χ2n) is 4.80. The van der Waals surface area contributed by atoms with Crippen molar-refractivity contribution in [3.05, 3.63) is 23.8 Å². The molecule has 2 rings (SSSR count). The van der Waals surface area contributed by atoms with Gasteiger partial charge in [-0.1, -0.05) is 34.1 Å². The number of aryl methyl sites for hydroxylation is 1. The second-order valence-corrected chi connectivity index (χ2v) is 4.80. The summed E-state index contributed by atoms with van der Waals surface area (Å²) < 4.78 is 0. The summed E-state index contributed by atoms with van der Waals surface area (Å²) in [6.07, 6.45) is 5.28. The summed E-state index contributed by atoms with van der Waals surface area (Å²) in [5, 5.41) is 0. The number of hydrogen-bond donors (Lipinski definition) is 1. The maximum absolute atomic E-state index is 5.80. The van der Waals surface area contributed by atoms with E-state index in [1.165, 1.54) is 50.0 Å². The fraction of sp³-hybridized carbons (Fsp3) is 0.647. The Kier molecular flexibility index (Phi) is 10.1. The molecule has 1 aromatic carbocycles. The molecule has 2 N–H and O–H groups in total. The molecule has 0 spiro atoms. The quantitative estimate of drug-likeness (QED) is 0.722. The van der Waals surface area contributed by atoms with Gasteiger partial charge in [0.2, 0.25) is 0 Å². The van der Waals surface area contributed by atoms with E-state index in [1.807, 2.05) is 19.9 Å². The van der Waals surface area contributed by atoms with E-state index < -0.39 is 0 Å². The van der Waals surface area contributed by atoms with Crippen molar-refractivity contribution in [2.24, 2.45) is 0 Å². The van der Waals surface area contributed by atoms with Crippen LogP contribution in [-0.2, 0) is 0 Å². The van der Waals surface area contributed by atoms with Gasteiger partial charge in [0.05, 0.1) is 0 Å². The molecule has 0 amide bonds. The van der Waals surface area contributed by atoms with Crippen molar-refractivity contribution >= 4 is 11.4 Å². The molecule has 1 aliphatic heterocycles. The van der Waals surface area contributed by atoms with Crippen molar-refractivity contribution < 1.29 is 0 Å². The Morgan fingerprint density at radius 3 is 2.05 bits per heavy atom. The van der Waals surface area contributed by atoms with E-state index in [0.29, 0.717) is 0 Å². The van der Waals surface area contributed by atoms with Gasteiger partial charge in [-0.25, -0.2) is 0 Å². The van der Waals surface area contributed by atoms with Crippen LogP contribution in [0.15, 0.2) is 18.2 Å². The molecule has 0 radical (unpaired) electrons. The molecule has 1 heterocycles. The predicted molar refractivity (Wildman–Crippen MR) is 89.0 cm³/mol. The van der Waals surface area contributed by atoms with Crippen LogP contribution in [0.2, 0.25) is 0 Å². The van der Waals surface area contributed by atoms with E-state index >= 15 is 0 Å². The smallest absolute Gasteiger partial charge is 0.0370 e. The molecule has 110 valence electrons. The Bertz CT molecular complexity index is 328. The number of hydrogen-bond acceptors (Lipinski definition) is 2. The van der Waals surface area contributed by atoms with Gasteiger partial charge in [-0.15, -0.1) is 0 Å². The first-order valence-electron chi connectivity index (χ1n) is 7.80. The van der Waals surface area contributed by atoms with E-state index in [4.69, 9.17) is 5.73 Å². The summed E-state index contributed by atoms with van der Waals surface area (Å²) in [5.74, 6) is 0. The van der Waals surface area contributed by atoms with Gasteiger partial charge in [-0.3, -0.25) is 0 Å². The van der Waals surface area contributed by atoms with Gasteiger partial charge in [-0.05, 0) is 49.9 Å². The monoisotopic (exact) mass is 264 g/mol. The van der Waals surface area contributed by atoms with E-state index in [9.17, 15) is 0 Å². The van der Waals surface area contributed by atoms with Crippen molar-refractivity contribution in [2.75, 3.05) is 23.7 Å². The highest BCUT2D eigenvalue weighted by molar-refractivity contribution is 5.58. The molecular formula is C17H32N2. The number of rotatable bonds is 1. The summed E-state index contributed by atoms with van der Waals surface area (Å²) in [4.78, 5) is 2.45. The van der Waals surface area contributed by atoms with Crippen LogP contribution in [0.3, 0.4) is 0 Å².